The van der Waals surface area contributed by atoms with E-state index in [9.17, 15) is 13.2 Å². The highest BCUT2D eigenvalue weighted by atomic mass is 19.4. The maximum absolute atomic E-state index is 12.7. The second-order valence-electron chi connectivity index (χ2n) is 4.68. The molecule has 0 unspecified atom stereocenters. The monoisotopic (exact) mass is 279 g/mol. The number of hydrogen-bond acceptors (Lipinski definition) is 2. The Balaban J connectivity index is 2.47. The smallest absolute Gasteiger partial charge is 0.241 e. The van der Waals surface area contributed by atoms with Gasteiger partial charge in [0, 0.05) is 6.20 Å². The largest absolute Gasteiger partial charge is 0.417 e. The normalized spacial score (nSPS) is 11.7. The molecule has 3 nitrogen and oxygen atoms in total. The zero-order valence-corrected chi connectivity index (χ0v) is 10.9. The molecule has 0 aliphatic heterocycles. The van der Waals surface area contributed by atoms with Gasteiger partial charge in [-0.2, -0.15) is 23.5 Å². The van der Waals surface area contributed by atoms with Gasteiger partial charge in [-0.15, -0.1) is 0 Å². The van der Waals surface area contributed by atoms with Crippen LogP contribution in [0.3, 0.4) is 0 Å². The molecule has 0 radical (unpaired) electrons. The number of alkyl halides is 3. The third kappa shape index (κ3) is 2.67. The second-order valence-corrected chi connectivity index (χ2v) is 4.68. The van der Waals surface area contributed by atoms with Gasteiger partial charge in [-0.3, -0.25) is 0 Å². The Kier molecular flexibility index (Phi) is 3.53. The highest BCUT2D eigenvalue weighted by molar-refractivity contribution is 5.47. The molecule has 0 N–H and O–H groups in total. The molecule has 1 aromatic heterocycles. The zero-order valence-electron chi connectivity index (χ0n) is 10.9. The molecule has 1 heterocycles. The maximum atomic E-state index is 12.7. The highest BCUT2D eigenvalue weighted by Gasteiger charge is 2.33. The fourth-order valence-corrected chi connectivity index (χ4v) is 1.80. The molecule has 0 amide bonds. The van der Waals surface area contributed by atoms with Gasteiger partial charge in [-0.05, 0) is 30.2 Å². The van der Waals surface area contributed by atoms with E-state index in [1.54, 1.807) is 18.3 Å². The molecule has 20 heavy (non-hydrogen) atoms. The molecule has 2 rings (SSSR count). The van der Waals surface area contributed by atoms with E-state index >= 15 is 0 Å². The lowest BCUT2D eigenvalue weighted by Gasteiger charge is -2.10. The first-order valence-electron chi connectivity index (χ1n) is 6.00. The summed E-state index contributed by atoms with van der Waals surface area (Å²) < 4.78 is 39.6. The lowest BCUT2D eigenvalue weighted by Crippen LogP contribution is -2.08. The van der Waals surface area contributed by atoms with Gasteiger partial charge in [0.05, 0.1) is 28.6 Å². The van der Waals surface area contributed by atoms with Gasteiger partial charge in [0.2, 0.25) is 0 Å². The van der Waals surface area contributed by atoms with Crippen molar-refractivity contribution in [2.75, 3.05) is 0 Å². The molecule has 0 saturated heterocycles. The molecule has 6 heteroatoms. The number of rotatable bonds is 2. The highest BCUT2D eigenvalue weighted by Crippen LogP contribution is 2.32. The zero-order chi connectivity index (χ0) is 14.9. The average molecular weight is 279 g/mol. The van der Waals surface area contributed by atoms with Crippen molar-refractivity contribution >= 4 is 0 Å². The fourth-order valence-electron chi connectivity index (χ4n) is 1.80. The minimum absolute atomic E-state index is 0.223. The van der Waals surface area contributed by atoms with Crippen LogP contribution in [0.4, 0.5) is 13.2 Å². The van der Waals surface area contributed by atoms with Crippen molar-refractivity contribution in [3.63, 3.8) is 0 Å². The summed E-state index contributed by atoms with van der Waals surface area (Å²) in [5, 5.41) is 13.1. The first-order chi connectivity index (χ1) is 9.32. The number of benzene rings is 1. The van der Waals surface area contributed by atoms with E-state index < -0.39 is 17.3 Å². The van der Waals surface area contributed by atoms with Crippen molar-refractivity contribution in [1.29, 1.82) is 5.26 Å². The van der Waals surface area contributed by atoms with Crippen LogP contribution in [-0.2, 0) is 6.18 Å². The number of halogens is 3. The summed E-state index contributed by atoms with van der Waals surface area (Å²) in [6, 6.07) is 6.79. The molecule has 1 aromatic carbocycles. The van der Waals surface area contributed by atoms with Crippen molar-refractivity contribution in [3.05, 3.63) is 47.3 Å². The molecule has 104 valence electrons. The van der Waals surface area contributed by atoms with Crippen LogP contribution in [0.25, 0.3) is 5.69 Å². The average Bonchev–Trinajstić information content (AvgIpc) is 2.86. The van der Waals surface area contributed by atoms with Gasteiger partial charge in [0.25, 0.3) is 0 Å². The Hall–Kier alpha value is -2.29. The number of nitriles is 1. The maximum Gasteiger partial charge on any atom is 0.417 e. The van der Waals surface area contributed by atoms with Crippen LogP contribution in [-0.4, -0.2) is 9.78 Å². The lowest BCUT2D eigenvalue weighted by molar-refractivity contribution is -0.137. The van der Waals surface area contributed by atoms with Crippen molar-refractivity contribution in [1.82, 2.24) is 9.78 Å². The minimum Gasteiger partial charge on any atom is -0.241 e. The van der Waals surface area contributed by atoms with Crippen LogP contribution in [0.15, 0.2) is 30.5 Å². The summed E-state index contributed by atoms with van der Waals surface area (Å²) in [6.07, 6.45) is -2.87. The topological polar surface area (TPSA) is 41.6 Å². The van der Waals surface area contributed by atoms with Crippen LogP contribution in [0, 0.1) is 11.3 Å². The Morgan fingerprint density at radius 3 is 2.45 bits per heavy atom. The molecular formula is C14H12F3N3. The Morgan fingerprint density at radius 1 is 1.25 bits per heavy atom. The quantitative estimate of drug-likeness (QED) is 0.837. The predicted octanol–water partition coefficient (Wildman–Crippen LogP) is 3.89. The number of nitrogens with zero attached hydrogens (tertiary/aromatic N) is 3. The van der Waals surface area contributed by atoms with E-state index in [1.807, 2.05) is 13.8 Å². The third-order valence-corrected chi connectivity index (χ3v) is 2.89. The van der Waals surface area contributed by atoms with E-state index in [-0.39, 0.29) is 5.92 Å². The summed E-state index contributed by atoms with van der Waals surface area (Å²) in [7, 11) is 0. The van der Waals surface area contributed by atoms with E-state index in [4.69, 9.17) is 5.26 Å². The van der Waals surface area contributed by atoms with E-state index in [1.165, 1.54) is 16.8 Å². The van der Waals surface area contributed by atoms with Gasteiger partial charge < -0.3 is 0 Å². The molecule has 0 aliphatic rings. The lowest BCUT2D eigenvalue weighted by atomic mass is 10.1. The van der Waals surface area contributed by atoms with Gasteiger partial charge in [-0.25, -0.2) is 4.68 Å². The standard InChI is InChI=1S/C14H12F3N3/c1-9(2)13-5-6-20(19-13)11-3-4-12(14(15,16)17)10(7-11)8-18/h3-7,9H,1-2H3. The van der Waals surface area contributed by atoms with Crippen LogP contribution in [0.2, 0.25) is 0 Å². The van der Waals surface area contributed by atoms with Gasteiger partial charge in [0.15, 0.2) is 0 Å². The third-order valence-electron chi connectivity index (χ3n) is 2.89. The molecule has 0 bridgehead atoms. The number of hydrogen-bond donors (Lipinski definition) is 0. The van der Waals surface area contributed by atoms with Crippen molar-refractivity contribution in [2.24, 2.45) is 0 Å². The van der Waals surface area contributed by atoms with Gasteiger partial charge >= 0.3 is 6.18 Å². The SMILES string of the molecule is CC(C)c1ccn(-c2ccc(C(F)(F)F)c(C#N)c2)n1. The van der Waals surface area contributed by atoms with Gasteiger partial charge in [-0.1, -0.05) is 13.8 Å². The summed E-state index contributed by atoms with van der Waals surface area (Å²) in [5.74, 6) is 0.223. The first kappa shape index (κ1) is 14.1. The van der Waals surface area contributed by atoms with E-state index in [0.717, 1.165) is 11.8 Å². The molecular weight excluding hydrogens is 267 g/mol. The van der Waals surface area contributed by atoms with Crippen molar-refractivity contribution in [2.45, 2.75) is 25.9 Å². The Morgan fingerprint density at radius 2 is 1.95 bits per heavy atom. The molecule has 0 spiro atoms. The molecule has 0 saturated carbocycles. The summed E-state index contributed by atoms with van der Waals surface area (Å²) in [4.78, 5) is 0. The summed E-state index contributed by atoms with van der Waals surface area (Å²) in [6.45, 7) is 3.94. The predicted molar refractivity (Wildman–Crippen MR) is 67.4 cm³/mol. The van der Waals surface area contributed by atoms with Crippen LogP contribution in [0.1, 0.15) is 36.6 Å². The van der Waals surface area contributed by atoms with Crippen molar-refractivity contribution in [3.8, 4) is 11.8 Å². The van der Waals surface area contributed by atoms with Crippen LogP contribution in [0.5, 0.6) is 0 Å². The second kappa shape index (κ2) is 5.00. The molecule has 0 fully saturated rings. The summed E-state index contributed by atoms with van der Waals surface area (Å²) in [5.41, 5.74) is -0.0681. The Labute approximate surface area is 114 Å². The Bertz CT molecular complexity index is 663. The van der Waals surface area contributed by atoms with Crippen molar-refractivity contribution < 1.29 is 13.2 Å². The molecule has 0 aliphatic carbocycles. The van der Waals surface area contributed by atoms with E-state index in [0.29, 0.717) is 5.69 Å². The van der Waals surface area contributed by atoms with Crippen LogP contribution < -0.4 is 0 Å². The van der Waals surface area contributed by atoms with Crippen LogP contribution >= 0.6 is 0 Å². The molecule has 0 atom stereocenters. The summed E-state index contributed by atoms with van der Waals surface area (Å²) >= 11 is 0. The first-order valence-corrected chi connectivity index (χ1v) is 6.00. The van der Waals surface area contributed by atoms with E-state index in [2.05, 4.69) is 5.10 Å². The number of aromatic nitrogens is 2. The van der Waals surface area contributed by atoms with Gasteiger partial charge in [0.1, 0.15) is 0 Å². The minimum atomic E-state index is -4.53. The molecule has 2 aromatic rings. The fraction of sp³-hybridized carbons (Fsp3) is 0.286.